The molecule has 0 fully saturated rings. The first-order valence-corrected chi connectivity index (χ1v) is 6.53. The average molecular weight is 298 g/mol. The Kier molecular flexibility index (Phi) is 3.02. The van der Waals surface area contributed by atoms with Gasteiger partial charge in [-0.05, 0) is 24.3 Å². The van der Waals surface area contributed by atoms with Gasteiger partial charge in [-0.25, -0.2) is 0 Å². The molecular weight excluding hydrogens is 284 g/mol. The molecule has 0 radical (unpaired) electrons. The van der Waals surface area contributed by atoms with Gasteiger partial charge in [-0.3, -0.25) is 9.59 Å². The molecule has 22 heavy (non-hydrogen) atoms. The van der Waals surface area contributed by atoms with E-state index in [4.69, 9.17) is 20.9 Å². The van der Waals surface area contributed by atoms with Crippen LogP contribution in [0.4, 0.5) is 11.4 Å². The molecule has 0 saturated heterocycles. The highest BCUT2D eigenvalue weighted by molar-refractivity contribution is 6.33. The van der Waals surface area contributed by atoms with Gasteiger partial charge < -0.3 is 20.9 Å². The van der Waals surface area contributed by atoms with Gasteiger partial charge in [-0.2, -0.15) is 0 Å². The summed E-state index contributed by atoms with van der Waals surface area (Å²) in [4.78, 5) is 25.7. The number of ether oxygens (including phenoxy) is 2. The number of fused-ring (bicyclic) bond motifs is 2. The predicted molar refractivity (Wildman–Crippen MR) is 81.7 cm³/mol. The van der Waals surface area contributed by atoms with Crippen molar-refractivity contribution in [3.8, 4) is 11.5 Å². The average Bonchev–Trinajstić information content (AvgIpc) is 2.52. The Morgan fingerprint density at radius 3 is 1.36 bits per heavy atom. The number of ketones is 2. The summed E-state index contributed by atoms with van der Waals surface area (Å²) >= 11 is 0. The van der Waals surface area contributed by atoms with Gasteiger partial charge in [0.2, 0.25) is 11.6 Å². The van der Waals surface area contributed by atoms with Crippen LogP contribution in [-0.4, -0.2) is 25.8 Å². The van der Waals surface area contributed by atoms with Crippen molar-refractivity contribution in [2.45, 2.75) is 0 Å². The summed E-state index contributed by atoms with van der Waals surface area (Å²) in [5, 5.41) is 0. The summed E-state index contributed by atoms with van der Waals surface area (Å²) in [5.74, 6) is -0.221. The lowest BCUT2D eigenvalue weighted by molar-refractivity contribution is 0.0975. The van der Waals surface area contributed by atoms with E-state index in [1.165, 1.54) is 26.4 Å². The van der Waals surface area contributed by atoms with E-state index >= 15 is 0 Å². The molecule has 1 aliphatic carbocycles. The van der Waals surface area contributed by atoms with Crippen LogP contribution in [-0.2, 0) is 0 Å². The van der Waals surface area contributed by atoms with Crippen molar-refractivity contribution in [3.05, 3.63) is 46.5 Å². The van der Waals surface area contributed by atoms with E-state index in [1.54, 1.807) is 12.1 Å². The lowest BCUT2D eigenvalue weighted by atomic mass is 9.81. The SMILES string of the molecule is COc1ccc(N)c2c1C(=O)c1c(N)ccc(OC)c1C2=O. The van der Waals surface area contributed by atoms with E-state index in [-0.39, 0.29) is 45.1 Å². The van der Waals surface area contributed by atoms with Crippen molar-refractivity contribution >= 4 is 22.9 Å². The van der Waals surface area contributed by atoms with E-state index in [9.17, 15) is 9.59 Å². The Labute approximate surface area is 126 Å². The van der Waals surface area contributed by atoms with Gasteiger partial charge >= 0.3 is 0 Å². The van der Waals surface area contributed by atoms with Crippen LogP contribution < -0.4 is 20.9 Å². The molecule has 0 atom stereocenters. The van der Waals surface area contributed by atoms with Gasteiger partial charge in [0.05, 0.1) is 36.5 Å². The molecule has 2 aromatic carbocycles. The molecule has 0 spiro atoms. The van der Waals surface area contributed by atoms with Crippen molar-refractivity contribution in [2.75, 3.05) is 25.7 Å². The summed E-state index contributed by atoms with van der Waals surface area (Å²) in [6.45, 7) is 0. The van der Waals surface area contributed by atoms with Crippen molar-refractivity contribution < 1.29 is 19.1 Å². The molecule has 0 saturated carbocycles. The zero-order valence-electron chi connectivity index (χ0n) is 12.1. The van der Waals surface area contributed by atoms with E-state index in [0.717, 1.165) is 0 Å². The van der Waals surface area contributed by atoms with Crippen LogP contribution in [0, 0.1) is 0 Å². The number of benzene rings is 2. The van der Waals surface area contributed by atoms with Gasteiger partial charge in [0.15, 0.2) is 0 Å². The van der Waals surface area contributed by atoms with E-state index in [0.29, 0.717) is 0 Å². The monoisotopic (exact) mass is 298 g/mol. The van der Waals surface area contributed by atoms with E-state index < -0.39 is 11.6 Å². The van der Waals surface area contributed by atoms with Crippen LogP contribution in [0.1, 0.15) is 31.8 Å². The van der Waals surface area contributed by atoms with E-state index in [1.807, 2.05) is 0 Å². The molecule has 0 heterocycles. The first kappa shape index (κ1) is 13.9. The Morgan fingerprint density at radius 1 is 0.682 bits per heavy atom. The molecule has 3 rings (SSSR count). The van der Waals surface area contributed by atoms with Gasteiger partial charge in [0.1, 0.15) is 11.5 Å². The number of hydrogen-bond acceptors (Lipinski definition) is 6. The van der Waals surface area contributed by atoms with Gasteiger partial charge in [0, 0.05) is 11.4 Å². The summed E-state index contributed by atoms with van der Waals surface area (Å²) in [7, 11) is 2.85. The summed E-state index contributed by atoms with van der Waals surface area (Å²) in [5.41, 5.74) is 12.8. The van der Waals surface area contributed by atoms with Crippen molar-refractivity contribution in [1.29, 1.82) is 0 Å². The molecule has 0 amide bonds. The number of nitrogens with two attached hydrogens (primary N) is 2. The van der Waals surface area contributed by atoms with Crippen LogP contribution in [0.3, 0.4) is 0 Å². The molecule has 0 unspecified atom stereocenters. The Bertz CT molecular complexity index is 758. The number of rotatable bonds is 2. The quantitative estimate of drug-likeness (QED) is 0.697. The number of hydrogen-bond donors (Lipinski definition) is 2. The minimum Gasteiger partial charge on any atom is -0.496 e. The molecule has 0 aliphatic heterocycles. The lowest BCUT2D eigenvalue weighted by Gasteiger charge is -2.23. The smallest absolute Gasteiger partial charge is 0.200 e. The van der Waals surface area contributed by atoms with Crippen LogP contribution in [0.5, 0.6) is 11.5 Å². The number of carbonyl (C=O) groups excluding carboxylic acids is 2. The minimum absolute atomic E-state index is 0.126. The van der Waals surface area contributed by atoms with Crippen molar-refractivity contribution in [1.82, 2.24) is 0 Å². The first-order valence-electron chi connectivity index (χ1n) is 6.53. The molecule has 1 aliphatic rings. The second-order valence-electron chi connectivity index (χ2n) is 4.87. The molecular formula is C16H14N2O4. The topological polar surface area (TPSA) is 105 Å². The standard InChI is InChI=1S/C16H14N2O4/c1-21-9-5-3-7(17)11-13(9)15(19)12-8(18)4-6-10(22-2)14(12)16(11)20/h3-6H,17-18H2,1-2H3. The maximum Gasteiger partial charge on any atom is 0.200 e. The third-order valence-corrected chi connectivity index (χ3v) is 3.75. The number of methoxy groups -OCH3 is 2. The fraction of sp³-hybridized carbons (Fsp3) is 0.125. The van der Waals surface area contributed by atoms with Crippen LogP contribution in [0.2, 0.25) is 0 Å². The maximum atomic E-state index is 12.9. The molecule has 2 aromatic rings. The summed E-state index contributed by atoms with van der Waals surface area (Å²) in [6, 6.07) is 6.18. The maximum absolute atomic E-state index is 12.9. The van der Waals surface area contributed by atoms with Crippen molar-refractivity contribution in [3.63, 3.8) is 0 Å². The highest BCUT2D eigenvalue weighted by Gasteiger charge is 2.37. The molecule has 4 N–H and O–H groups in total. The molecule has 0 bridgehead atoms. The Morgan fingerprint density at radius 2 is 1.05 bits per heavy atom. The fourth-order valence-electron chi connectivity index (χ4n) is 2.73. The molecule has 0 aromatic heterocycles. The predicted octanol–water partition coefficient (Wildman–Crippen LogP) is 1.64. The van der Waals surface area contributed by atoms with Gasteiger partial charge in [0.25, 0.3) is 0 Å². The number of nitrogen functional groups attached to an aromatic ring is 2. The zero-order valence-corrected chi connectivity index (χ0v) is 12.1. The second kappa shape index (κ2) is 4.77. The normalized spacial score (nSPS) is 12.6. The molecule has 112 valence electrons. The van der Waals surface area contributed by atoms with Crippen LogP contribution >= 0.6 is 0 Å². The first-order chi connectivity index (χ1) is 10.5. The molecule has 6 heteroatoms. The fourth-order valence-corrected chi connectivity index (χ4v) is 2.73. The minimum atomic E-state index is -0.398. The van der Waals surface area contributed by atoms with E-state index in [2.05, 4.69) is 0 Å². The number of anilines is 2. The van der Waals surface area contributed by atoms with Crippen molar-refractivity contribution in [2.24, 2.45) is 0 Å². The molecule has 6 nitrogen and oxygen atoms in total. The van der Waals surface area contributed by atoms with Gasteiger partial charge in [-0.1, -0.05) is 0 Å². The highest BCUT2D eigenvalue weighted by atomic mass is 16.5. The zero-order chi connectivity index (χ0) is 16.0. The summed E-state index contributed by atoms with van der Waals surface area (Å²) in [6.07, 6.45) is 0. The third kappa shape index (κ3) is 1.67. The Hall–Kier alpha value is -3.02. The summed E-state index contributed by atoms with van der Waals surface area (Å²) < 4.78 is 10.4. The third-order valence-electron chi connectivity index (χ3n) is 3.75. The van der Waals surface area contributed by atoms with Gasteiger partial charge in [-0.15, -0.1) is 0 Å². The second-order valence-corrected chi connectivity index (χ2v) is 4.87. The largest absolute Gasteiger partial charge is 0.496 e. The lowest BCUT2D eigenvalue weighted by Crippen LogP contribution is -2.25. The highest BCUT2D eigenvalue weighted by Crippen LogP contribution is 2.41. The number of carbonyl (C=O) groups is 2. The Balaban J connectivity index is 2.42. The van der Waals surface area contributed by atoms with Crippen LogP contribution in [0.25, 0.3) is 0 Å². The van der Waals surface area contributed by atoms with Crippen LogP contribution in [0.15, 0.2) is 24.3 Å².